The lowest BCUT2D eigenvalue weighted by atomic mass is 9.96. The van der Waals surface area contributed by atoms with E-state index in [1.165, 1.54) is 18.0 Å². The second-order valence-electron chi connectivity index (χ2n) is 7.83. The van der Waals surface area contributed by atoms with Crippen molar-refractivity contribution in [1.29, 1.82) is 5.26 Å². The summed E-state index contributed by atoms with van der Waals surface area (Å²) in [5.74, 6) is -3.17. The Morgan fingerprint density at radius 2 is 2.15 bits per heavy atom. The number of allylic oxidation sites excluding steroid dienone is 1. The van der Waals surface area contributed by atoms with Crippen LogP contribution in [-0.4, -0.2) is 27.6 Å². The molecular formula is C24H19F3N4O2S. The van der Waals surface area contributed by atoms with Gasteiger partial charge in [0.2, 0.25) is 0 Å². The molecule has 1 saturated heterocycles. The summed E-state index contributed by atoms with van der Waals surface area (Å²) in [6, 6.07) is 3.98. The van der Waals surface area contributed by atoms with E-state index in [9.17, 15) is 23.2 Å². The number of aromatic nitrogens is 2. The number of nitriles is 1. The molecule has 0 spiro atoms. The molecule has 2 unspecified atom stereocenters. The molecule has 34 heavy (non-hydrogen) atoms. The first-order valence-electron chi connectivity index (χ1n) is 10.2. The highest BCUT2D eigenvalue weighted by Crippen LogP contribution is 2.41. The second-order valence-corrected chi connectivity index (χ2v) is 8.83. The number of cyclic esters (lactones) is 1. The Kier molecular flexibility index (Phi) is 6.15. The number of esters is 1. The van der Waals surface area contributed by atoms with Crippen LogP contribution in [0.2, 0.25) is 0 Å². The Hall–Kier alpha value is -3.71. The van der Waals surface area contributed by atoms with Gasteiger partial charge < -0.3 is 15.0 Å². The van der Waals surface area contributed by atoms with Crippen molar-refractivity contribution in [2.75, 3.05) is 5.32 Å². The lowest BCUT2D eigenvalue weighted by Crippen LogP contribution is -2.42. The van der Waals surface area contributed by atoms with Gasteiger partial charge in [-0.1, -0.05) is 24.4 Å². The number of hydrogen-bond donors (Lipinski definition) is 2. The van der Waals surface area contributed by atoms with Gasteiger partial charge in [0.05, 0.1) is 29.2 Å². The minimum Gasteiger partial charge on any atom is -0.452 e. The van der Waals surface area contributed by atoms with Gasteiger partial charge in [-0.15, -0.1) is 0 Å². The van der Waals surface area contributed by atoms with Crippen molar-refractivity contribution in [3.8, 4) is 17.3 Å². The van der Waals surface area contributed by atoms with Crippen molar-refractivity contribution >= 4 is 34.5 Å². The highest BCUT2D eigenvalue weighted by atomic mass is 32.2. The first-order valence-corrected chi connectivity index (χ1v) is 11.1. The predicted molar refractivity (Wildman–Crippen MR) is 124 cm³/mol. The molecule has 1 fully saturated rings. The number of rotatable bonds is 6. The van der Waals surface area contributed by atoms with E-state index in [1.54, 1.807) is 18.4 Å². The molecule has 3 heterocycles. The number of hydrogen-bond acceptors (Lipinski definition) is 6. The van der Waals surface area contributed by atoms with Crippen LogP contribution in [0.25, 0.3) is 22.2 Å². The van der Waals surface area contributed by atoms with E-state index in [-0.39, 0.29) is 40.0 Å². The number of fused-ring (bicyclic) bond motifs is 1. The summed E-state index contributed by atoms with van der Waals surface area (Å²) in [5, 5.41) is 14.4. The molecule has 10 heteroatoms. The van der Waals surface area contributed by atoms with Gasteiger partial charge in [0.1, 0.15) is 17.7 Å². The van der Waals surface area contributed by atoms with Gasteiger partial charge in [0, 0.05) is 28.1 Å². The number of aromatic amines is 1. The zero-order valence-electron chi connectivity index (χ0n) is 18.2. The van der Waals surface area contributed by atoms with Crippen molar-refractivity contribution in [1.82, 2.24) is 9.97 Å². The molecule has 1 aliphatic heterocycles. The molecule has 1 aromatic carbocycles. The van der Waals surface area contributed by atoms with Crippen molar-refractivity contribution < 1.29 is 22.7 Å². The van der Waals surface area contributed by atoms with E-state index < -0.39 is 35.1 Å². The summed E-state index contributed by atoms with van der Waals surface area (Å²) < 4.78 is 48.5. The SMILES string of the molecule is C=C(S/C=C\C)C1(C)OC(=O)CC1Nc1nc(-c2c[nH]c3c(F)cc(F)cc23)c(C#N)cc1F. The topological polar surface area (TPSA) is 90.8 Å². The average Bonchev–Trinajstić information content (AvgIpc) is 3.33. The summed E-state index contributed by atoms with van der Waals surface area (Å²) in [7, 11) is 0. The number of benzene rings is 1. The number of nitrogens with zero attached hydrogens (tertiary/aromatic N) is 2. The van der Waals surface area contributed by atoms with Crippen LogP contribution in [0.3, 0.4) is 0 Å². The Morgan fingerprint density at radius 3 is 2.85 bits per heavy atom. The first-order chi connectivity index (χ1) is 16.2. The fourth-order valence-electron chi connectivity index (χ4n) is 3.81. The van der Waals surface area contributed by atoms with E-state index >= 15 is 0 Å². The third-order valence-corrected chi connectivity index (χ3v) is 6.73. The smallest absolute Gasteiger partial charge is 0.309 e. The molecule has 2 atom stereocenters. The van der Waals surface area contributed by atoms with Crippen LogP contribution in [0, 0.1) is 28.8 Å². The van der Waals surface area contributed by atoms with Crippen molar-refractivity contribution in [3.05, 3.63) is 70.4 Å². The maximum atomic E-state index is 14.9. The number of thioether (sulfide) groups is 1. The highest BCUT2D eigenvalue weighted by Gasteiger charge is 2.48. The zero-order valence-corrected chi connectivity index (χ0v) is 19.0. The average molecular weight is 485 g/mol. The molecule has 6 nitrogen and oxygen atoms in total. The molecule has 3 aromatic rings. The van der Waals surface area contributed by atoms with E-state index in [0.29, 0.717) is 4.91 Å². The van der Waals surface area contributed by atoms with Gasteiger partial charge in [-0.05, 0) is 31.4 Å². The van der Waals surface area contributed by atoms with Crippen LogP contribution in [0.5, 0.6) is 0 Å². The van der Waals surface area contributed by atoms with E-state index in [1.807, 2.05) is 13.0 Å². The number of halogens is 3. The summed E-state index contributed by atoms with van der Waals surface area (Å²) in [5.41, 5.74) is -1.00. The van der Waals surface area contributed by atoms with Gasteiger partial charge >= 0.3 is 5.97 Å². The van der Waals surface area contributed by atoms with Gasteiger partial charge in [-0.25, -0.2) is 18.2 Å². The molecule has 0 radical (unpaired) electrons. The monoisotopic (exact) mass is 484 g/mol. The van der Waals surface area contributed by atoms with Crippen molar-refractivity contribution in [2.24, 2.45) is 0 Å². The number of carbonyl (C=O) groups is 1. The number of ether oxygens (including phenoxy) is 1. The standard InChI is InChI=1S/C24H19F3N4O2S/c1-4-5-34-12(2)24(3)19(9-20(32)33-24)30-23-18(27)6-13(10-28)21(31-23)16-11-29-22-15(16)7-14(25)8-17(22)26/h4-8,11,19,29H,2,9H2,1,3H3,(H,30,31)/b5-4-. The highest BCUT2D eigenvalue weighted by molar-refractivity contribution is 8.05. The molecule has 0 amide bonds. The van der Waals surface area contributed by atoms with Crippen LogP contribution in [0.4, 0.5) is 19.0 Å². The molecule has 0 bridgehead atoms. The lowest BCUT2D eigenvalue weighted by molar-refractivity contribution is -0.144. The van der Waals surface area contributed by atoms with Gasteiger partial charge in [-0.3, -0.25) is 4.79 Å². The molecule has 0 aliphatic carbocycles. The quantitative estimate of drug-likeness (QED) is 0.431. The maximum Gasteiger partial charge on any atom is 0.309 e. The lowest BCUT2D eigenvalue weighted by Gasteiger charge is -2.31. The number of H-pyrrole nitrogens is 1. The molecule has 4 rings (SSSR count). The Labute approximate surface area is 197 Å². The molecule has 0 saturated carbocycles. The minimum absolute atomic E-state index is 0.0247. The Balaban J connectivity index is 1.78. The second kappa shape index (κ2) is 8.91. The molecular weight excluding hydrogens is 465 g/mol. The minimum atomic E-state index is -1.16. The van der Waals surface area contributed by atoms with Crippen LogP contribution < -0.4 is 5.32 Å². The number of nitrogens with one attached hydrogen (secondary N) is 2. The van der Waals surface area contributed by atoms with Crippen molar-refractivity contribution in [2.45, 2.75) is 31.9 Å². The van der Waals surface area contributed by atoms with Crippen LogP contribution in [0.15, 0.2) is 47.4 Å². The first kappa shape index (κ1) is 23.4. The van der Waals surface area contributed by atoms with Crippen LogP contribution >= 0.6 is 11.8 Å². The van der Waals surface area contributed by atoms with E-state index in [2.05, 4.69) is 21.9 Å². The molecule has 2 N–H and O–H groups in total. The van der Waals surface area contributed by atoms with Crippen LogP contribution in [0.1, 0.15) is 25.8 Å². The normalized spacial score (nSPS) is 20.0. The third kappa shape index (κ3) is 4.03. The van der Waals surface area contributed by atoms with Gasteiger partial charge in [0.15, 0.2) is 17.2 Å². The van der Waals surface area contributed by atoms with Crippen molar-refractivity contribution in [3.63, 3.8) is 0 Å². The number of carbonyl (C=O) groups excluding carboxylic acids is 1. The van der Waals surface area contributed by atoms with Gasteiger partial charge in [-0.2, -0.15) is 5.26 Å². The molecule has 1 aliphatic rings. The van der Waals surface area contributed by atoms with E-state index in [0.717, 1.165) is 18.2 Å². The zero-order chi connectivity index (χ0) is 24.6. The molecule has 2 aromatic heterocycles. The Morgan fingerprint density at radius 1 is 1.38 bits per heavy atom. The number of anilines is 1. The van der Waals surface area contributed by atoms with E-state index in [4.69, 9.17) is 4.74 Å². The largest absolute Gasteiger partial charge is 0.452 e. The fourth-order valence-corrected chi connectivity index (χ4v) is 4.53. The fraction of sp³-hybridized carbons (Fsp3) is 0.208. The third-order valence-electron chi connectivity index (χ3n) is 5.63. The van der Waals surface area contributed by atoms with Crippen LogP contribution in [-0.2, 0) is 9.53 Å². The predicted octanol–water partition coefficient (Wildman–Crippen LogP) is 5.79. The van der Waals surface area contributed by atoms with Gasteiger partial charge in [0.25, 0.3) is 0 Å². The summed E-state index contributed by atoms with van der Waals surface area (Å²) in [6.07, 6.45) is 3.12. The maximum absolute atomic E-state index is 14.9. The Bertz CT molecular complexity index is 1400. The summed E-state index contributed by atoms with van der Waals surface area (Å²) in [6.45, 7) is 7.49. The summed E-state index contributed by atoms with van der Waals surface area (Å²) in [4.78, 5) is 19.6. The summed E-state index contributed by atoms with van der Waals surface area (Å²) >= 11 is 1.28. The number of pyridine rings is 1. The molecule has 174 valence electrons.